The number of nitrogens with one attached hydrogen (secondary N) is 1. The molecule has 0 aliphatic carbocycles. The van der Waals surface area contributed by atoms with Gasteiger partial charge in [0.1, 0.15) is 5.82 Å². The molecule has 1 aromatic heterocycles. The van der Waals surface area contributed by atoms with Crippen molar-refractivity contribution in [2.75, 3.05) is 37.0 Å². The summed E-state index contributed by atoms with van der Waals surface area (Å²) < 4.78 is 5.47. The van der Waals surface area contributed by atoms with E-state index in [-0.39, 0.29) is 0 Å². The second-order valence-electron chi connectivity index (χ2n) is 5.41. The van der Waals surface area contributed by atoms with Crippen LogP contribution in [0.3, 0.4) is 0 Å². The van der Waals surface area contributed by atoms with E-state index in [2.05, 4.69) is 28.2 Å². The Balaban J connectivity index is 1.98. The summed E-state index contributed by atoms with van der Waals surface area (Å²) in [5.41, 5.74) is 0.988. The van der Waals surface area contributed by atoms with E-state index in [0.717, 1.165) is 49.2 Å². The van der Waals surface area contributed by atoms with Gasteiger partial charge in [0.25, 0.3) is 0 Å². The molecule has 1 N–H and O–H groups in total. The highest BCUT2D eigenvalue weighted by atomic mass is 16.5. The van der Waals surface area contributed by atoms with Crippen molar-refractivity contribution in [1.29, 1.82) is 0 Å². The number of hydrogen-bond acceptors (Lipinski definition) is 5. The van der Waals surface area contributed by atoms with Crippen molar-refractivity contribution in [3.05, 3.63) is 24.3 Å². The fourth-order valence-electron chi connectivity index (χ4n) is 2.73. The number of anilines is 2. The molecule has 1 atom stereocenters. The fourth-order valence-corrected chi connectivity index (χ4v) is 2.73. The molecule has 0 amide bonds. The first-order valence-corrected chi connectivity index (χ1v) is 7.60. The average Bonchev–Trinajstić information content (AvgIpc) is 3.01. The molecular formula is C16H22N4O. The molecule has 2 heterocycles. The number of ether oxygens (including phenoxy) is 1. The van der Waals surface area contributed by atoms with Crippen molar-refractivity contribution in [3.63, 3.8) is 0 Å². The predicted octanol–water partition coefficient (Wildman–Crippen LogP) is 2.68. The summed E-state index contributed by atoms with van der Waals surface area (Å²) in [6.45, 7) is 4.90. The van der Waals surface area contributed by atoms with Crippen LogP contribution in [0.5, 0.6) is 0 Å². The van der Waals surface area contributed by atoms with Crippen molar-refractivity contribution >= 4 is 22.7 Å². The van der Waals surface area contributed by atoms with Crippen LogP contribution < -0.4 is 10.2 Å². The summed E-state index contributed by atoms with van der Waals surface area (Å²) in [6, 6.07) is 8.19. The normalized spacial score (nSPS) is 18.4. The molecule has 112 valence electrons. The highest BCUT2D eigenvalue weighted by Crippen LogP contribution is 2.28. The maximum absolute atomic E-state index is 5.47. The van der Waals surface area contributed by atoms with Gasteiger partial charge in [0.05, 0.1) is 11.6 Å². The molecule has 1 saturated heterocycles. The number of para-hydroxylation sites is 1. The Bertz CT molecular complexity index is 616. The van der Waals surface area contributed by atoms with Crippen molar-refractivity contribution in [2.45, 2.75) is 25.9 Å². The van der Waals surface area contributed by atoms with E-state index in [0.29, 0.717) is 12.1 Å². The molecule has 0 radical (unpaired) electrons. The van der Waals surface area contributed by atoms with Crippen LogP contribution in [0.25, 0.3) is 10.9 Å². The Morgan fingerprint density at radius 3 is 2.95 bits per heavy atom. The molecule has 21 heavy (non-hydrogen) atoms. The molecule has 1 fully saturated rings. The van der Waals surface area contributed by atoms with E-state index >= 15 is 0 Å². The summed E-state index contributed by atoms with van der Waals surface area (Å²) in [5, 5.41) is 4.40. The van der Waals surface area contributed by atoms with E-state index < -0.39 is 0 Å². The van der Waals surface area contributed by atoms with Gasteiger partial charge in [-0.2, -0.15) is 4.98 Å². The van der Waals surface area contributed by atoms with Crippen LogP contribution >= 0.6 is 0 Å². The van der Waals surface area contributed by atoms with E-state index in [1.165, 1.54) is 0 Å². The topological polar surface area (TPSA) is 50.3 Å². The van der Waals surface area contributed by atoms with Gasteiger partial charge in [-0.05, 0) is 25.0 Å². The zero-order valence-corrected chi connectivity index (χ0v) is 12.7. The first-order chi connectivity index (χ1) is 10.3. The Labute approximate surface area is 125 Å². The first kappa shape index (κ1) is 14.1. The quantitative estimate of drug-likeness (QED) is 0.916. The van der Waals surface area contributed by atoms with Crippen molar-refractivity contribution < 1.29 is 4.74 Å². The third-order valence-corrected chi connectivity index (χ3v) is 3.89. The molecule has 1 aromatic carbocycles. The molecule has 5 nitrogen and oxygen atoms in total. The molecule has 0 bridgehead atoms. The largest absolute Gasteiger partial charge is 0.380 e. The third kappa shape index (κ3) is 2.93. The van der Waals surface area contributed by atoms with Gasteiger partial charge >= 0.3 is 0 Å². The van der Waals surface area contributed by atoms with E-state index in [1.54, 1.807) is 7.11 Å². The minimum atomic E-state index is 0.297. The van der Waals surface area contributed by atoms with E-state index in [9.17, 15) is 0 Å². The maximum atomic E-state index is 5.47. The number of aromatic nitrogens is 2. The van der Waals surface area contributed by atoms with Gasteiger partial charge in [0.2, 0.25) is 5.95 Å². The lowest BCUT2D eigenvalue weighted by atomic mass is 10.2. The van der Waals surface area contributed by atoms with Crippen LogP contribution in [-0.2, 0) is 4.74 Å². The SMILES string of the molecule is CCCNc1nc(N2CCC(OC)C2)c2ccccc2n1. The van der Waals surface area contributed by atoms with Gasteiger partial charge in [-0.25, -0.2) is 4.98 Å². The molecule has 5 heteroatoms. The van der Waals surface area contributed by atoms with Gasteiger partial charge in [-0.15, -0.1) is 0 Å². The second kappa shape index (κ2) is 6.26. The summed E-state index contributed by atoms with van der Waals surface area (Å²) in [6.07, 6.45) is 2.40. The predicted molar refractivity (Wildman–Crippen MR) is 85.9 cm³/mol. The van der Waals surface area contributed by atoms with E-state index in [1.807, 2.05) is 18.2 Å². The van der Waals surface area contributed by atoms with Gasteiger partial charge < -0.3 is 15.0 Å². The Morgan fingerprint density at radius 1 is 1.33 bits per heavy atom. The standard InChI is InChI=1S/C16H22N4O/c1-3-9-17-16-18-14-7-5-4-6-13(14)15(19-16)20-10-8-12(11-20)21-2/h4-7,12H,3,8-11H2,1-2H3,(H,17,18,19). The Kier molecular flexibility index (Phi) is 4.20. The van der Waals surface area contributed by atoms with Gasteiger partial charge in [0, 0.05) is 32.1 Å². The number of methoxy groups -OCH3 is 1. The number of rotatable bonds is 5. The zero-order valence-electron chi connectivity index (χ0n) is 12.7. The zero-order chi connectivity index (χ0) is 14.7. The number of benzene rings is 1. The van der Waals surface area contributed by atoms with Crippen LogP contribution in [0.15, 0.2) is 24.3 Å². The Hall–Kier alpha value is -1.88. The summed E-state index contributed by atoms with van der Waals surface area (Å²) in [7, 11) is 1.78. The highest BCUT2D eigenvalue weighted by molar-refractivity contribution is 5.90. The molecule has 1 aliphatic rings. The monoisotopic (exact) mass is 286 g/mol. The summed E-state index contributed by atoms with van der Waals surface area (Å²) in [5.74, 6) is 1.73. The van der Waals surface area contributed by atoms with Gasteiger partial charge in [-0.1, -0.05) is 19.1 Å². The lowest BCUT2D eigenvalue weighted by Crippen LogP contribution is -2.24. The maximum Gasteiger partial charge on any atom is 0.225 e. The average molecular weight is 286 g/mol. The third-order valence-electron chi connectivity index (χ3n) is 3.89. The molecule has 0 saturated carbocycles. The van der Waals surface area contributed by atoms with Crippen LogP contribution in [0.4, 0.5) is 11.8 Å². The molecule has 1 unspecified atom stereocenters. The van der Waals surface area contributed by atoms with Crippen LogP contribution in [0.1, 0.15) is 19.8 Å². The smallest absolute Gasteiger partial charge is 0.225 e. The van der Waals surface area contributed by atoms with E-state index in [4.69, 9.17) is 9.72 Å². The van der Waals surface area contributed by atoms with Crippen molar-refractivity contribution in [2.24, 2.45) is 0 Å². The fraction of sp³-hybridized carbons (Fsp3) is 0.500. The van der Waals surface area contributed by atoms with Gasteiger partial charge in [-0.3, -0.25) is 0 Å². The van der Waals surface area contributed by atoms with Crippen LogP contribution in [0.2, 0.25) is 0 Å². The van der Waals surface area contributed by atoms with Crippen molar-refractivity contribution in [3.8, 4) is 0 Å². The second-order valence-corrected chi connectivity index (χ2v) is 5.41. The summed E-state index contributed by atoms with van der Waals surface area (Å²) >= 11 is 0. The first-order valence-electron chi connectivity index (χ1n) is 7.60. The minimum absolute atomic E-state index is 0.297. The minimum Gasteiger partial charge on any atom is -0.380 e. The molecule has 3 rings (SSSR count). The molecule has 0 spiro atoms. The lowest BCUT2D eigenvalue weighted by molar-refractivity contribution is 0.121. The number of hydrogen-bond donors (Lipinski definition) is 1. The Morgan fingerprint density at radius 2 is 2.19 bits per heavy atom. The molecule has 1 aliphatic heterocycles. The summed E-state index contributed by atoms with van der Waals surface area (Å²) in [4.78, 5) is 11.6. The van der Waals surface area contributed by atoms with Gasteiger partial charge in [0.15, 0.2) is 0 Å². The van der Waals surface area contributed by atoms with Crippen LogP contribution in [-0.4, -0.2) is 42.8 Å². The van der Waals surface area contributed by atoms with Crippen molar-refractivity contribution in [1.82, 2.24) is 9.97 Å². The number of fused-ring (bicyclic) bond motifs is 1. The molecule has 2 aromatic rings. The number of nitrogens with zero attached hydrogens (tertiary/aromatic N) is 3. The molecular weight excluding hydrogens is 264 g/mol. The highest BCUT2D eigenvalue weighted by Gasteiger charge is 2.25. The van der Waals surface area contributed by atoms with Crippen LogP contribution in [0, 0.1) is 0 Å². The lowest BCUT2D eigenvalue weighted by Gasteiger charge is -2.20.